The first-order valence-electron chi connectivity index (χ1n) is 9.81. The van der Waals surface area contributed by atoms with Gasteiger partial charge in [-0.15, -0.1) is 10.2 Å². The number of hydrogen-bond donors (Lipinski definition) is 2. The molecule has 2 N–H and O–H groups in total. The van der Waals surface area contributed by atoms with Crippen LogP contribution in [0.3, 0.4) is 0 Å². The Balaban J connectivity index is 1.58. The second-order valence-electron chi connectivity index (χ2n) is 7.12. The molecule has 2 heterocycles. The molecule has 27 heavy (non-hydrogen) atoms. The standard InChI is InChI=1S/C20H31N7/c1-4-21-20(22-13-19-25-24-16(2)26(19)3)23-18-11-8-12-27(15-18)14-17-9-6-5-7-10-17/h5-7,9-10,18H,4,8,11-15H2,1-3H3,(H2,21,22,23). The van der Waals surface area contributed by atoms with Crippen molar-refractivity contribution in [2.75, 3.05) is 19.6 Å². The number of rotatable bonds is 6. The average molecular weight is 370 g/mol. The molecule has 1 fully saturated rings. The van der Waals surface area contributed by atoms with Crippen LogP contribution in [0.2, 0.25) is 0 Å². The quantitative estimate of drug-likeness (QED) is 0.601. The molecule has 3 rings (SSSR count). The van der Waals surface area contributed by atoms with Crippen molar-refractivity contribution >= 4 is 5.96 Å². The Labute approximate surface area is 161 Å². The van der Waals surface area contributed by atoms with E-state index in [-0.39, 0.29) is 0 Å². The molecule has 0 radical (unpaired) electrons. The van der Waals surface area contributed by atoms with Gasteiger partial charge < -0.3 is 15.2 Å². The monoisotopic (exact) mass is 369 g/mol. The Bertz CT molecular complexity index is 738. The van der Waals surface area contributed by atoms with Crippen LogP contribution in [-0.2, 0) is 20.1 Å². The highest BCUT2D eigenvalue weighted by Gasteiger charge is 2.20. The van der Waals surface area contributed by atoms with E-state index in [1.54, 1.807) is 0 Å². The molecule has 0 saturated carbocycles. The minimum Gasteiger partial charge on any atom is -0.357 e. The molecule has 0 spiro atoms. The van der Waals surface area contributed by atoms with Crippen molar-refractivity contribution < 1.29 is 0 Å². The van der Waals surface area contributed by atoms with E-state index in [1.165, 1.54) is 18.4 Å². The van der Waals surface area contributed by atoms with E-state index in [1.807, 2.05) is 18.5 Å². The van der Waals surface area contributed by atoms with Gasteiger partial charge in [-0.05, 0) is 38.8 Å². The number of hydrogen-bond acceptors (Lipinski definition) is 4. The first-order valence-corrected chi connectivity index (χ1v) is 9.81. The first-order chi connectivity index (χ1) is 13.2. The van der Waals surface area contributed by atoms with E-state index in [4.69, 9.17) is 4.99 Å². The summed E-state index contributed by atoms with van der Waals surface area (Å²) in [6.07, 6.45) is 2.37. The second-order valence-corrected chi connectivity index (χ2v) is 7.12. The fourth-order valence-electron chi connectivity index (χ4n) is 3.41. The Hall–Kier alpha value is -2.41. The van der Waals surface area contributed by atoms with Gasteiger partial charge in [-0.1, -0.05) is 30.3 Å². The molecule has 146 valence electrons. The van der Waals surface area contributed by atoms with Crippen LogP contribution in [0.15, 0.2) is 35.3 Å². The van der Waals surface area contributed by atoms with Gasteiger partial charge in [0.05, 0.1) is 0 Å². The molecule has 1 aliphatic heterocycles. The van der Waals surface area contributed by atoms with Gasteiger partial charge in [0.2, 0.25) is 0 Å². The zero-order valence-electron chi connectivity index (χ0n) is 16.6. The van der Waals surface area contributed by atoms with Gasteiger partial charge in [-0.3, -0.25) is 4.90 Å². The number of piperidine rings is 1. The van der Waals surface area contributed by atoms with Crippen LogP contribution >= 0.6 is 0 Å². The van der Waals surface area contributed by atoms with Gasteiger partial charge in [0.1, 0.15) is 12.4 Å². The average Bonchev–Trinajstić information content (AvgIpc) is 2.99. The Kier molecular flexibility index (Phi) is 6.81. The summed E-state index contributed by atoms with van der Waals surface area (Å²) >= 11 is 0. The highest BCUT2D eigenvalue weighted by molar-refractivity contribution is 5.80. The van der Waals surface area contributed by atoms with E-state index in [9.17, 15) is 0 Å². The molecule has 2 aromatic rings. The smallest absolute Gasteiger partial charge is 0.191 e. The second kappa shape index (κ2) is 9.50. The predicted octanol–water partition coefficient (Wildman–Crippen LogP) is 1.84. The molecule has 7 nitrogen and oxygen atoms in total. The van der Waals surface area contributed by atoms with Crippen LogP contribution in [0.1, 0.15) is 37.0 Å². The number of aryl methyl sites for hydroxylation is 1. The van der Waals surface area contributed by atoms with Crippen molar-refractivity contribution in [3.63, 3.8) is 0 Å². The molecule has 1 saturated heterocycles. The van der Waals surface area contributed by atoms with Gasteiger partial charge in [0, 0.05) is 32.7 Å². The number of guanidine groups is 1. The number of benzene rings is 1. The van der Waals surface area contributed by atoms with Crippen molar-refractivity contribution in [2.45, 2.75) is 45.8 Å². The number of aliphatic imine (C=N–C) groups is 1. The first kappa shape index (κ1) is 19.4. The zero-order chi connectivity index (χ0) is 19.1. The van der Waals surface area contributed by atoms with Crippen molar-refractivity contribution in [3.8, 4) is 0 Å². The topological polar surface area (TPSA) is 70.4 Å². The largest absolute Gasteiger partial charge is 0.357 e. The number of aromatic nitrogens is 3. The highest BCUT2D eigenvalue weighted by Crippen LogP contribution is 2.13. The van der Waals surface area contributed by atoms with Gasteiger partial charge in [0.15, 0.2) is 11.8 Å². The van der Waals surface area contributed by atoms with E-state index < -0.39 is 0 Å². The molecular weight excluding hydrogens is 338 g/mol. The lowest BCUT2D eigenvalue weighted by Crippen LogP contribution is -2.51. The van der Waals surface area contributed by atoms with Crippen LogP contribution in [0.25, 0.3) is 0 Å². The maximum atomic E-state index is 4.71. The Morgan fingerprint density at radius 1 is 1.26 bits per heavy atom. The third-order valence-electron chi connectivity index (χ3n) is 5.00. The third-order valence-corrected chi connectivity index (χ3v) is 5.00. The Morgan fingerprint density at radius 3 is 2.78 bits per heavy atom. The van der Waals surface area contributed by atoms with E-state index >= 15 is 0 Å². The van der Waals surface area contributed by atoms with Gasteiger partial charge in [-0.25, -0.2) is 4.99 Å². The lowest BCUT2D eigenvalue weighted by molar-refractivity contribution is 0.192. The summed E-state index contributed by atoms with van der Waals surface area (Å²) in [5, 5.41) is 15.3. The highest BCUT2D eigenvalue weighted by atomic mass is 15.3. The van der Waals surface area contributed by atoms with E-state index in [0.717, 1.165) is 43.8 Å². The maximum absolute atomic E-state index is 4.71. The minimum absolute atomic E-state index is 0.404. The van der Waals surface area contributed by atoms with Crippen LogP contribution in [0, 0.1) is 6.92 Å². The fraction of sp³-hybridized carbons (Fsp3) is 0.550. The SMILES string of the molecule is CCNC(=NCc1nnc(C)n1C)NC1CCCN(Cc2ccccc2)C1. The fourth-order valence-corrected chi connectivity index (χ4v) is 3.41. The summed E-state index contributed by atoms with van der Waals surface area (Å²) in [6.45, 7) is 8.59. The zero-order valence-corrected chi connectivity index (χ0v) is 16.6. The van der Waals surface area contributed by atoms with Gasteiger partial charge in [-0.2, -0.15) is 0 Å². The summed E-state index contributed by atoms with van der Waals surface area (Å²) in [4.78, 5) is 7.23. The summed E-state index contributed by atoms with van der Waals surface area (Å²) in [5.74, 6) is 2.63. The minimum atomic E-state index is 0.404. The summed E-state index contributed by atoms with van der Waals surface area (Å²) < 4.78 is 1.98. The molecule has 0 amide bonds. The number of nitrogens with zero attached hydrogens (tertiary/aromatic N) is 5. The van der Waals surface area contributed by atoms with Crippen LogP contribution < -0.4 is 10.6 Å². The summed E-state index contributed by atoms with van der Waals surface area (Å²) in [5.41, 5.74) is 1.37. The Morgan fingerprint density at radius 2 is 2.07 bits per heavy atom. The molecule has 7 heteroatoms. The van der Waals surface area contributed by atoms with Crippen molar-refractivity contribution in [1.29, 1.82) is 0 Å². The molecule has 1 atom stereocenters. The summed E-state index contributed by atoms with van der Waals surface area (Å²) in [6, 6.07) is 11.1. The molecule has 1 aromatic carbocycles. The lowest BCUT2D eigenvalue weighted by atomic mass is 10.0. The molecule has 0 bridgehead atoms. The van der Waals surface area contributed by atoms with Crippen molar-refractivity contribution in [1.82, 2.24) is 30.3 Å². The summed E-state index contributed by atoms with van der Waals surface area (Å²) in [7, 11) is 1.98. The van der Waals surface area contributed by atoms with Crippen molar-refractivity contribution in [3.05, 3.63) is 47.5 Å². The molecular formula is C20H31N7. The number of likely N-dealkylation sites (tertiary alicyclic amines) is 1. The molecule has 1 unspecified atom stereocenters. The van der Waals surface area contributed by atoms with Gasteiger partial charge >= 0.3 is 0 Å². The van der Waals surface area contributed by atoms with E-state index in [2.05, 4.69) is 63.0 Å². The van der Waals surface area contributed by atoms with Gasteiger partial charge in [0.25, 0.3) is 0 Å². The van der Waals surface area contributed by atoms with Crippen molar-refractivity contribution in [2.24, 2.45) is 12.0 Å². The lowest BCUT2D eigenvalue weighted by Gasteiger charge is -2.34. The van der Waals surface area contributed by atoms with Crippen LogP contribution in [-0.4, -0.2) is 51.3 Å². The predicted molar refractivity (Wildman–Crippen MR) is 108 cm³/mol. The normalized spacial score (nSPS) is 18.5. The number of nitrogens with one attached hydrogen (secondary N) is 2. The maximum Gasteiger partial charge on any atom is 0.191 e. The van der Waals surface area contributed by atoms with Crippen LogP contribution in [0.4, 0.5) is 0 Å². The molecule has 0 aliphatic carbocycles. The molecule has 1 aromatic heterocycles. The molecule has 1 aliphatic rings. The van der Waals surface area contributed by atoms with E-state index in [0.29, 0.717) is 12.6 Å². The third kappa shape index (κ3) is 5.53. The van der Waals surface area contributed by atoms with Crippen LogP contribution in [0.5, 0.6) is 0 Å².